The molecule has 0 aromatic heterocycles. The lowest BCUT2D eigenvalue weighted by molar-refractivity contribution is 0.419. The first-order valence-electron chi connectivity index (χ1n) is 7.48. The summed E-state index contributed by atoms with van der Waals surface area (Å²) < 4.78 is 0. The molecule has 0 radical (unpaired) electrons. The number of benzene rings is 1. The van der Waals surface area contributed by atoms with E-state index >= 15 is 0 Å². The predicted octanol–water partition coefficient (Wildman–Crippen LogP) is 3.14. The second-order valence-electron chi connectivity index (χ2n) is 5.82. The van der Waals surface area contributed by atoms with Gasteiger partial charge in [0.05, 0.1) is 0 Å². The molecule has 1 aromatic carbocycles. The molecule has 1 aromatic rings. The number of hydrogen-bond acceptors (Lipinski definition) is 3. The molecule has 2 atom stereocenters. The fourth-order valence-electron chi connectivity index (χ4n) is 3.33. The van der Waals surface area contributed by atoms with Crippen LogP contribution >= 0.6 is 11.8 Å². The van der Waals surface area contributed by atoms with Gasteiger partial charge in [-0.1, -0.05) is 18.2 Å². The molecule has 2 aliphatic heterocycles. The molecular formula is C16H24N2S. The van der Waals surface area contributed by atoms with Crippen molar-refractivity contribution < 1.29 is 0 Å². The van der Waals surface area contributed by atoms with Crippen LogP contribution in [0.4, 0.5) is 5.69 Å². The lowest BCUT2D eigenvalue weighted by Gasteiger charge is -2.27. The topological polar surface area (TPSA) is 15.3 Å². The second-order valence-corrected chi connectivity index (χ2v) is 7.05. The van der Waals surface area contributed by atoms with Crippen LogP contribution in [0.3, 0.4) is 0 Å². The van der Waals surface area contributed by atoms with Gasteiger partial charge in [0.2, 0.25) is 0 Å². The first-order valence-corrected chi connectivity index (χ1v) is 8.64. The third kappa shape index (κ3) is 3.26. The normalized spacial score (nSPS) is 28.8. The van der Waals surface area contributed by atoms with Crippen LogP contribution in [-0.2, 0) is 0 Å². The molecule has 2 aliphatic rings. The van der Waals surface area contributed by atoms with E-state index < -0.39 is 0 Å². The summed E-state index contributed by atoms with van der Waals surface area (Å²) in [7, 11) is 0. The van der Waals surface area contributed by atoms with Gasteiger partial charge in [0.25, 0.3) is 0 Å². The van der Waals surface area contributed by atoms with Crippen LogP contribution < -0.4 is 10.2 Å². The lowest BCUT2D eigenvalue weighted by Crippen LogP contribution is -2.41. The molecule has 0 saturated carbocycles. The lowest BCUT2D eigenvalue weighted by atomic mass is 10.1. The standard InChI is InChI=1S/C16H24N2S/c1-13-11-15(17-14-7-9-19-10-8-14)12-18(13)16-5-3-2-4-6-16/h2-6,13-15,17H,7-12H2,1H3. The molecular weight excluding hydrogens is 252 g/mol. The van der Waals surface area contributed by atoms with Crippen LogP contribution in [-0.4, -0.2) is 36.2 Å². The maximum absolute atomic E-state index is 3.89. The van der Waals surface area contributed by atoms with Gasteiger partial charge in [0.1, 0.15) is 0 Å². The molecule has 2 fully saturated rings. The number of nitrogens with one attached hydrogen (secondary N) is 1. The molecule has 0 aliphatic carbocycles. The van der Waals surface area contributed by atoms with Crippen molar-refractivity contribution in [2.75, 3.05) is 23.0 Å². The number of hydrogen-bond donors (Lipinski definition) is 1. The van der Waals surface area contributed by atoms with Crippen molar-refractivity contribution in [2.24, 2.45) is 0 Å². The average Bonchev–Trinajstić information content (AvgIpc) is 2.82. The molecule has 0 spiro atoms. The van der Waals surface area contributed by atoms with Crippen molar-refractivity contribution in [1.82, 2.24) is 5.32 Å². The summed E-state index contributed by atoms with van der Waals surface area (Å²) in [5.41, 5.74) is 1.37. The molecule has 2 saturated heterocycles. The second kappa shape index (κ2) is 6.19. The monoisotopic (exact) mass is 276 g/mol. The Kier molecular flexibility index (Phi) is 4.34. The van der Waals surface area contributed by atoms with E-state index in [4.69, 9.17) is 0 Å². The van der Waals surface area contributed by atoms with Gasteiger partial charge in [-0.25, -0.2) is 0 Å². The highest BCUT2D eigenvalue weighted by atomic mass is 32.2. The molecule has 19 heavy (non-hydrogen) atoms. The van der Waals surface area contributed by atoms with Gasteiger partial charge in [0, 0.05) is 30.4 Å². The summed E-state index contributed by atoms with van der Waals surface area (Å²) in [5, 5.41) is 3.89. The maximum Gasteiger partial charge on any atom is 0.0369 e. The summed E-state index contributed by atoms with van der Waals surface area (Å²) in [5.74, 6) is 2.67. The Morgan fingerprint density at radius 1 is 1.11 bits per heavy atom. The van der Waals surface area contributed by atoms with E-state index in [1.165, 1.54) is 36.5 Å². The van der Waals surface area contributed by atoms with Gasteiger partial charge in [-0.3, -0.25) is 0 Å². The van der Waals surface area contributed by atoms with Crippen molar-refractivity contribution in [1.29, 1.82) is 0 Å². The van der Waals surface area contributed by atoms with Crippen LogP contribution in [0.2, 0.25) is 0 Å². The SMILES string of the molecule is CC1CC(NC2CCSCC2)CN1c1ccccc1. The molecule has 3 rings (SSSR count). The van der Waals surface area contributed by atoms with Gasteiger partial charge in [-0.15, -0.1) is 0 Å². The van der Waals surface area contributed by atoms with E-state index in [0.717, 1.165) is 12.6 Å². The van der Waals surface area contributed by atoms with Crippen LogP contribution in [0.5, 0.6) is 0 Å². The minimum Gasteiger partial charge on any atom is -0.367 e. The zero-order valence-corrected chi connectivity index (χ0v) is 12.5. The molecule has 104 valence electrons. The Morgan fingerprint density at radius 2 is 1.84 bits per heavy atom. The molecule has 1 N–H and O–H groups in total. The van der Waals surface area contributed by atoms with Crippen LogP contribution in [0, 0.1) is 0 Å². The summed E-state index contributed by atoms with van der Waals surface area (Å²) in [4.78, 5) is 2.55. The minimum atomic E-state index is 0.651. The molecule has 2 heterocycles. The van der Waals surface area contributed by atoms with Gasteiger partial charge >= 0.3 is 0 Å². The fourth-order valence-corrected chi connectivity index (χ4v) is 4.44. The van der Waals surface area contributed by atoms with Crippen LogP contribution in [0.25, 0.3) is 0 Å². The third-order valence-electron chi connectivity index (χ3n) is 4.36. The van der Waals surface area contributed by atoms with Gasteiger partial charge < -0.3 is 10.2 Å². The highest BCUT2D eigenvalue weighted by Crippen LogP contribution is 2.26. The quantitative estimate of drug-likeness (QED) is 0.913. The fraction of sp³-hybridized carbons (Fsp3) is 0.625. The summed E-state index contributed by atoms with van der Waals surface area (Å²) in [6, 6.07) is 12.9. The molecule has 0 amide bonds. The highest BCUT2D eigenvalue weighted by Gasteiger charge is 2.30. The zero-order chi connectivity index (χ0) is 13.1. The van der Waals surface area contributed by atoms with Gasteiger partial charge in [0.15, 0.2) is 0 Å². The predicted molar refractivity (Wildman–Crippen MR) is 85.1 cm³/mol. The van der Waals surface area contributed by atoms with Crippen LogP contribution in [0.15, 0.2) is 30.3 Å². The average molecular weight is 276 g/mol. The van der Waals surface area contributed by atoms with E-state index in [1.807, 2.05) is 0 Å². The number of rotatable bonds is 3. The summed E-state index contributed by atoms with van der Waals surface area (Å²) >= 11 is 2.10. The van der Waals surface area contributed by atoms with Crippen molar-refractivity contribution in [3.8, 4) is 0 Å². The van der Waals surface area contributed by atoms with Crippen molar-refractivity contribution in [3.63, 3.8) is 0 Å². The van der Waals surface area contributed by atoms with Crippen molar-refractivity contribution in [3.05, 3.63) is 30.3 Å². The van der Waals surface area contributed by atoms with E-state index in [2.05, 4.69) is 59.2 Å². The number of para-hydroxylation sites is 1. The smallest absolute Gasteiger partial charge is 0.0369 e. The first kappa shape index (κ1) is 13.3. The Bertz CT molecular complexity index is 389. The third-order valence-corrected chi connectivity index (χ3v) is 5.40. The summed E-state index contributed by atoms with van der Waals surface area (Å²) in [6.07, 6.45) is 3.97. The Balaban J connectivity index is 1.58. The summed E-state index contributed by atoms with van der Waals surface area (Å²) in [6.45, 7) is 3.51. The van der Waals surface area contributed by atoms with Gasteiger partial charge in [-0.2, -0.15) is 11.8 Å². The number of anilines is 1. The molecule has 2 nitrogen and oxygen atoms in total. The number of nitrogens with zero attached hydrogens (tertiary/aromatic N) is 1. The molecule has 3 heteroatoms. The molecule has 0 bridgehead atoms. The zero-order valence-electron chi connectivity index (χ0n) is 11.7. The number of thioether (sulfide) groups is 1. The van der Waals surface area contributed by atoms with Crippen molar-refractivity contribution in [2.45, 2.75) is 44.3 Å². The Morgan fingerprint density at radius 3 is 2.58 bits per heavy atom. The van der Waals surface area contributed by atoms with E-state index in [0.29, 0.717) is 12.1 Å². The van der Waals surface area contributed by atoms with E-state index in [9.17, 15) is 0 Å². The van der Waals surface area contributed by atoms with E-state index in [-0.39, 0.29) is 0 Å². The Hall–Kier alpha value is -0.670. The minimum absolute atomic E-state index is 0.651. The van der Waals surface area contributed by atoms with Gasteiger partial charge in [-0.05, 0) is 49.8 Å². The maximum atomic E-state index is 3.89. The highest BCUT2D eigenvalue weighted by molar-refractivity contribution is 7.99. The molecule has 2 unspecified atom stereocenters. The largest absolute Gasteiger partial charge is 0.367 e. The van der Waals surface area contributed by atoms with E-state index in [1.54, 1.807) is 0 Å². The van der Waals surface area contributed by atoms with Crippen molar-refractivity contribution >= 4 is 17.4 Å². The van der Waals surface area contributed by atoms with Crippen LogP contribution in [0.1, 0.15) is 26.2 Å². The first-order chi connectivity index (χ1) is 9.33. The Labute approximate surface area is 121 Å².